The Kier molecular flexibility index (Phi) is 6.19. The lowest BCUT2D eigenvalue weighted by molar-refractivity contribution is 0.473. The van der Waals surface area contributed by atoms with Gasteiger partial charge >= 0.3 is 0 Å². The molecule has 0 amide bonds. The van der Waals surface area contributed by atoms with Crippen LogP contribution in [0.5, 0.6) is 11.5 Å². The van der Waals surface area contributed by atoms with Crippen LogP contribution in [0.25, 0.3) is 0 Å². The number of rotatable bonds is 6. The molecule has 0 heterocycles. The molecule has 1 N–H and O–H groups in total. The smallest absolute Gasteiger partial charge is 0.147 e. The lowest BCUT2D eigenvalue weighted by Crippen LogP contribution is -2.14. The average Bonchev–Trinajstić information content (AvgIpc) is 2.46. The van der Waals surface area contributed by atoms with E-state index < -0.39 is 0 Å². The molecule has 2 aromatic rings. The van der Waals surface area contributed by atoms with Gasteiger partial charge in [-0.1, -0.05) is 47.8 Å². The fourth-order valence-corrected chi connectivity index (χ4v) is 2.39. The Balaban J connectivity index is 2.24. The number of hydrogen-bond acceptors (Lipinski definition) is 2. The van der Waals surface area contributed by atoms with Gasteiger partial charge in [-0.15, -0.1) is 0 Å². The average molecular weight is 345 g/mol. The van der Waals surface area contributed by atoms with Crippen LogP contribution in [0.1, 0.15) is 18.9 Å². The molecule has 2 aromatic carbocycles. The molecule has 0 spiro atoms. The molecule has 0 aliphatic rings. The van der Waals surface area contributed by atoms with Gasteiger partial charge in [-0.2, -0.15) is 0 Å². The van der Waals surface area contributed by atoms with E-state index in [1.165, 1.54) is 0 Å². The number of hydrogen-bond donors (Lipinski definition) is 1. The maximum Gasteiger partial charge on any atom is 0.147 e. The molecule has 0 atom stereocenters. The summed E-state index contributed by atoms with van der Waals surface area (Å²) in [5.41, 5.74) is 0.979. The van der Waals surface area contributed by atoms with E-state index in [9.17, 15) is 0 Å². The summed E-state index contributed by atoms with van der Waals surface area (Å²) >= 11 is 18.2. The first-order valence-electron chi connectivity index (χ1n) is 6.73. The van der Waals surface area contributed by atoms with Crippen molar-refractivity contribution in [2.24, 2.45) is 0 Å². The van der Waals surface area contributed by atoms with Gasteiger partial charge in [0.25, 0.3) is 0 Å². The van der Waals surface area contributed by atoms with Gasteiger partial charge in [0.15, 0.2) is 0 Å². The number of halogens is 3. The van der Waals surface area contributed by atoms with Crippen molar-refractivity contribution in [1.29, 1.82) is 0 Å². The van der Waals surface area contributed by atoms with Crippen LogP contribution in [0.4, 0.5) is 0 Å². The van der Waals surface area contributed by atoms with Crippen molar-refractivity contribution in [3.8, 4) is 11.5 Å². The summed E-state index contributed by atoms with van der Waals surface area (Å²) in [5.74, 6) is 1.25. The molecule has 21 heavy (non-hydrogen) atoms. The molecule has 5 heteroatoms. The van der Waals surface area contributed by atoms with Crippen LogP contribution >= 0.6 is 34.8 Å². The third kappa shape index (κ3) is 4.52. The Morgan fingerprint density at radius 2 is 1.86 bits per heavy atom. The van der Waals surface area contributed by atoms with Crippen LogP contribution in [-0.2, 0) is 6.54 Å². The van der Waals surface area contributed by atoms with E-state index in [1.54, 1.807) is 24.3 Å². The van der Waals surface area contributed by atoms with Crippen molar-refractivity contribution in [2.75, 3.05) is 6.54 Å². The zero-order chi connectivity index (χ0) is 15.2. The van der Waals surface area contributed by atoms with Crippen molar-refractivity contribution in [1.82, 2.24) is 5.32 Å². The largest absolute Gasteiger partial charge is 0.455 e. The van der Waals surface area contributed by atoms with Crippen molar-refractivity contribution in [3.63, 3.8) is 0 Å². The van der Waals surface area contributed by atoms with Gasteiger partial charge < -0.3 is 10.1 Å². The van der Waals surface area contributed by atoms with E-state index in [0.717, 1.165) is 18.5 Å². The summed E-state index contributed by atoms with van der Waals surface area (Å²) < 4.78 is 5.89. The molecule has 112 valence electrons. The highest BCUT2D eigenvalue weighted by Crippen LogP contribution is 2.36. The van der Waals surface area contributed by atoms with Gasteiger partial charge in [0, 0.05) is 17.1 Å². The Labute approximate surface area is 140 Å². The second-order valence-electron chi connectivity index (χ2n) is 4.58. The van der Waals surface area contributed by atoms with E-state index in [1.807, 2.05) is 12.1 Å². The Morgan fingerprint density at radius 3 is 2.62 bits per heavy atom. The van der Waals surface area contributed by atoms with Crippen molar-refractivity contribution in [3.05, 3.63) is 57.0 Å². The number of nitrogens with one attached hydrogen (secondary N) is 1. The second-order valence-corrected chi connectivity index (χ2v) is 5.80. The predicted octanol–water partition coefficient (Wildman–Crippen LogP) is 5.94. The summed E-state index contributed by atoms with van der Waals surface area (Å²) in [6, 6.07) is 10.8. The van der Waals surface area contributed by atoms with Crippen LogP contribution in [0.3, 0.4) is 0 Å². The molecule has 0 aromatic heterocycles. The highest BCUT2D eigenvalue weighted by molar-refractivity contribution is 6.42. The molecule has 0 aliphatic carbocycles. The second kappa shape index (κ2) is 7.90. The molecular formula is C16H16Cl3NO. The highest BCUT2D eigenvalue weighted by Gasteiger charge is 2.10. The Morgan fingerprint density at radius 1 is 1.05 bits per heavy atom. The third-order valence-electron chi connectivity index (χ3n) is 2.90. The molecule has 0 aliphatic heterocycles. The highest BCUT2D eigenvalue weighted by atomic mass is 35.5. The van der Waals surface area contributed by atoms with Crippen LogP contribution in [-0.4, -0.2) is 6.54 Å². The Hall–Kier alpha value is -0.930. The van der Waals surface area contributed by atoms with Crippen molar-refractivity contribution in [2.45, 2.75) is 19.9 Å². The summed E-state index contributed by atoms with van der Waals surface area (Å²) in [6.45, 7) is 3.74. The molecule has 0 saturated carbocycles. The molecule has 0 bridgehead atoms. The predicted molar refractivity (Wildman–Crippen MR) is 90.0 cm³/mol. The van der Waals surface area contributed by atoms with Gasteiger partial charge in [0.1, 0.15) is 16.5 Å². The monoisotopic (exact) mass is 343 g/mol. The van der Waals surface area contributed by atoms with E-state index in [0.29, 0.717) is 33.1 Å². The molecule has 0 fully saturated rings. The zero-order valence-corrected chi connectivity index (χ0v) is 13.9. The van der Waals surface area contributed by atoms with E-state index in [4.69, 9.17) is 39.5 Å². The molecule has 0 radical (unpaired) electrons. The minimum absolute atomic E-state index is 0.404. The Bertz CT molecular complexity index is 616. The van der Waals surface area contributed by atoms with E-state index >= 15 is 0 Å². The molecule has 2 rings (SSSR count). The first-order chi connectivity index (χ1) is 10.1. The number of ether oxygens (including phenoxy) is 1. The summed E-state index contributed by atoms with van der Waals surface area (Å²) in [7, 11) is 0. The van der Waals surface area contributed by atoms with Gasteiger partial charge in [0.2, 0.25) is 0 Å². The molecule has 0 saturated heterocycles. The number of benzene rings is 2. The fraction of sp³-hybridized carbons (Fsp3) is 0.250. The topological polar surface area (TPSA) is 21.3 Å². The van der Waals surface area contributed by atoms with Crippen LogP contribution in [0.2, 0.25) is 15.1 Å². The van der Waals surface area contributed by atoms with Crippen molar-refractivity contribution < 1.29 is 4.74 Å². The third-order valence-corrected chi connectivity index (χ3v) is 3.94. The first-order valence-corrected chi connectivity index (χ1v) is 7.86. The van der Waals surface area contributed by atoms with Crippen LogP contribution in [0.15, 0.2) is 36.4 Å². The minimum atomic E-state index is 0.404. The molecule has 2 nitrogen and oxygen atoms in total. The first kappa shape index (κ1) is 16.4. The maximum absolute atomic E-state index is 6.15. The molecule has 0 unspecified atom stereocenters. The van der Waals surface area contributed by atoms with Gasteiger partial charge in [-0.25, -0.2) is 0 Å². The summed E-state index contributed by atoms with van der Waals surface area (Å²) in [6.07, 6.45) is 1.07. The van der Waals surface area contributed by atoms with Gasteiger partial charge in [-0.3, -0.25) is 0 Å². The SMILES string of the molecule is CCCNCc1cc(Cl)ccc1Oc1cccc(Cl)c1Cl. The fourth-order valence-electron chi connectivity index (χ4n) is 1.87. The van der Waals surface area contributed by atoms with Crippen LogP contribution in [0, 0.1) is 0 Å². The zero-order valence-electron chi connectivity index (χ0n) is 11.6. The summed E-state index contributed by atoms with van der Waals surface area (Å²) in [4.78, 5) is 0. The maximum atomic E-state index is 6.15. The van der Waals surface area contributed by atoms with Crippen LogP contribution < -0.4 is 10.1 Å². The lowest BCUT2D eigenvalue weighted by atomic mass is 10.2. The van der Waals surface area contributed by atoms with E-state index in [2.05, 4.69) is 12.2 Å². The normalized spacial score (nSPS) is 10.7. The quantitative estimate of drug-likeness (QED) is 0.655. The minimum Gasteiger partial charge on any atom is -0.455 e. The summed E-state index contributed by atoms with van der Waals surface area (Å²) in [5, 5.41) is 4.88. The van der Waals surface area contributed by atoms with Crippen molar-refractivity contribution >= 4 is 34.8 Å². The molecular weight excluding hydrogens is 329 g/mol. The van der Waals surface area contributed by atoms with Gasteiger partial charge in [0.05, 0.1) is 5.02 Å². The van der Waals surface area contributed by atoms with Gasteiger partial charge in [-0.05, 0) is 43.3 Å². The van der Waals surface area contributed by atoms with E-state index in [-0.39, 0.29) is 0 Å². The lowest BCUT2D eigenvalue weighted by Gasteiger charge is -2.13. The standard InChI is InChI=1S/C16H16Cl3NO/c1-2-8-20-10-11-9-12(17)6-7-14(11)21-15-5-3-4-13(18)16(15)19/h3-7,9,20H,2,8,10H2,1H3.